The van der Waals surface area contributed by atoms with Crippen molar-refractivity contribution in [2.75, 3.05) is 0 Å². The number of hydrogen-bond acceptors (Lipinski definition) is 5. The molecule has 0 N–H and O–H groups in total. The summed E-state index contributed by atoms with van der Waals surface area (Å²) in [5.41, 5.74) is 2.51. The topological polar surface area (TPSA) is 54.0 Å². The van der Waals surface area contributed by atoms with Gasteiger partial charge >= 0.3 is 0 Å². The molecule has 302 valence electrons. The molecule has 0 aromatic rings. The van der Waals surface area contributed by atoms with Gasteiger partial charge in [0.25, 0.3) is 0 Å². The Kier molecular flexibility index (Phi) is 10.7. The number of fused-ring (bicyclic) bond motifs is 7. The van der Waals surface area contributed by atoms with Crippen molar-refractivity contribution >= 4 is 5.78 Å². The van der Waals surface area contributed by atoms with Gasteiger partial charge in [-0.25, -0.2) is 0 Å². The molecule has 9 unspecified atom stereocenters. The fourth-order valence-electron chi connectivity index (χ4n) is 14.8. The van der Waals surface area contributed by atoms with E-state index in [9.17, 15) is 4.79 Å². The Labute approximate surface area is 325 Å². The second kappa shape index (κ2) is 14.0. The van der Waals surface area contributed by atoms with E-state index in [0.717, 1.165) is 32.1 Å². The number of carbonyl (C=O) groups excluding carboxylic acids is 1. The molecule has 2 heterocycles. The van der Waals surface area contributed by atoms with E-state index in [1.54, 1.807) is 5.57 Å². The van der Waals surface area contributed by atoms with Crippen molar-refractivity contribution in [2.24, 2.45) is 80.3 Å². The maximum Gasteiger partial charge on any atom is 0.184 e. The summed E-state index contributed by atoms with van der Waals surface area (Å²) >= 11 is 0. The van der Waals surface area contributed by atoms with Gasteiger partial charge in [-0.15, -0.1) is 0 Å². The third-order valence-electron chi connectivity index (χ3n) is 19.6. The second-order valence-electron chi connectivity index (χ2n) is 22.1. The Morgan fingerprint density at radius 2 is 1.45 bits per heavy atom. The number of Topliss-reactive ketones (excluding diaryl/α,β-unsaturated/α-hetero) is 1. The van der Waals surface area contributed by atoms with Crippen LogP contribution in [-0.2, 0) is 23.7 Å². The highest BCUT2D eigenvalue weighted by atomic mass is 16.7. The van der Waals surface area contributed by atoms with E-state index >= 15 is 0 Å². The van der Waals surface area contributed by atoms with E-state index < -0.39 is 0 Å². The molecule has 4 saturated carbocycles. The minimum atomic E-state index is -0.380. The van der Waals surface area contributed by atoms with Crippen molar-refractivity contribution in [2.45, 2.75) is 205 Å². The summed E-state index contributed by atoms with van der Waals surface area (Å²) in [6.07, 6.45) is 15.1. The van der Waals surface area contributed by atoms with Crippen molar-refractivity contribution in [1.29, 1.82) is 0 Å². The molecule has 53 heavy (non-hydrogen) atoms. The third kappa shape index (κ3) is 6.14. The first-order valence-electron chi connectivity index (χ1n) is 22.6. The van der Waals surface area contributed by atoms with E-state index in [1.807, 2.05) is 6.92 Å². The number of hydrogen-bond donors (Lipinski definition) is 0. The molecule has 0 spiro atoms. The van der Waals surface area contributed by atoms with Gasteiger partial charge in [-0.05, 0) is 153 Å². The molecule has 0 bridgehead atoms. The molecule has 0 aromatic carbocycles. The smallest absolute Gasteiger partial charge is 0.184 e. The Balaban J connectivity index is 1.11. The van der Waals surface area contributed by atoms with Crippen molar-refractivity contribution < 1.29 is 23.7 Å². The zero-order chi connectivity index (χ0) is 38.6. The zero-order valence-electron chi connectivity index (χ0n) is 36.6. The molecule has 7 aliphatic rings. The van der Waals surface area contributed by atoms with Gasteiger partial charge in [-0.2, -0.15) is 0 Å². The Morgan fingerprint density at radius 1 is 0.755 bits per heavy atom. The van der Waals surface area contributed by atoms with Crippen LogP contribution in [0.1, 0.15) is 168 Å². The number of carbonyl (C=O) groups is 1. The van der Waals surface area contributed by atoms with Crippen LogP contribution >= 0.6 is 0 Å². The molecule has 7 rings (SSSR count). The molecule has 0 amide bonds. The lowest BCUT2D eigenvalue weighted by Gasteiger charge is -2.70. The van der Waals surface area contributed by atoms with Crippen molar-refractivity contribution in [3.63, 3.8) is 0 Å². The second-order valence-corrected chi connectivity index (χ2v) is 22.1. The van der Waals surface area contributed by atoms with Gasteiger partial charge in [0.1, 0.15) is 11.9 Å². The predicted molar refractivity (Wildman–Crippen MR) is 214 cm³/mol. The highest BCUT2D eigenvalue weighted by Crippen LogP contribution is 2.75. The average Bonchev–Trinajstić information content (AvgIpc) is 3.10. The van der Waals surface area contributed by atoms with Gasteiger partial charge < -0.3 is 18.9 Å². The van der Waals surface area contributed by atoms with Crippen molar-refractivity contribution in [3.8, 4) is 0 Å². The molecule has 5 aliphatic carbocycles. The lowest BCUT2D eigenvalue weighted by molar-refractivity contribution is -0.347. The first-order valence-corrected chi connectivity index (χ1v) is 22.6. The summed E-state index contributed by atoms with van der Waals surface area (Å²) < 4.78 is 27.8. The summed E-state index contributed by atoms with van der Waals surface area (Å²) in [6, 6.07) is 0. The first kappa shape index (κ1) is 40.4. The summed E-state index contributed by atoms with van der Waals surface area (Å²) in [5.74, 6) is 4.67. The van der Waals surface area contributed by atoms with Crippen LogP contribution in [0, 0.1) is 80.3 Å². The summed E-state index contributed by atoms with van der Waals surface area (Å²) in [4.78, 5) is 13.5. The predicted octanol–water partition coefficient (Wildman–Crippen LogP) is 11.8. The normalized spacial score (nSPS) is 55.1. The molecule has 19 atom stereocenters. The molecule has 2 aliphatic heterocycles. The van der Waals surface area contributed by atoms with Crippen LogP contribution in [0.3, 0.4) is 0 Å². The van der Waals surface area contributed by atoms with E-state index in [-0.39, 0.29) is 58.7 Å². The van der Waals surface area contributed by atoms with Gasteiger partial charge in [-0.3, -0.25) is 4.79 Å². The molecular formula is C48H80O5. The lowest BCUT2D eigenvalue weighted by atomic mass is 9.34. The first-order chi connectivity index (χ1) is 24.7. The number of ketones is 1. The van der Waals surface area contributed by atoms with Crippen LogP contribution in [0.5, 0.6) is 0 Å². The quantitative estimate of drug-likeness (QED) is 0.201. The van der Waals surface area contributed by atoms with Gasteiger partial charge in [0.05, 0.1) is 18.3 Å². The lowest BCUT2D eigenvalue weighted by Crippen LogP contribution is -2.64. The zero-order valence-corrected chi connectivity index (χ0v) is 36.6. The molecular weight excluding hydrogens is 657 g/mol. The standard InChI is InChI=1S/C48H80O5/c1-15-38-29(4)27(2)31(6)42(51-38)53-41-30(5)28(3)33(8)50-43(41)52-39-19-20-45(12)35(32(39)7)18-21-47(14)40(45)17-16-36-37-26-44(10,11)22-24-48(37,34(9)49)25-23-46(36,47)13/h16,27-33,35,37-43H,15,17-26H2,1-14H3/t27-,28-,29+,30-,31?,32?,33?,35-,37?,38?,39-,40?,41?,42-,43-,45?,46+,47-,48?/m0/s1. The largest absolute Gasteiger partial charge is 0.349 e. The van der Waals surface area contributed by atoms with E-state index in [2.05, 4.69) is 96.1 Å². The number of allylic oxidation sites excluding steroid dienone is 2. The highest BCUT2D eigenvalue weighted by Gasteiger charge is 2.68. The van der Waals surface area contributed by atoms with E-state index in [4.69, 9.17) is 18.9 Å². The Hall–Kier alpha value is -0.750. The summed E-state index contributed by atoms with van der Waals surface area (Å²) in [5, 5.41) is 0. The van der Waals surface area contributed by atoms with E-state index in [0.29, 0.717) is 64.5 Å². The molecule has 5 heteroatoms. The molecule has 2 saturated heterocycles. The van der Waals surface area contributed by atoms with Crippen LogP contribution in [0.4, 0.5) is 0 Å². The molecule has 0 aromatic heterocycles. The number of ether oxygens (including phenoxy) is 4. The fourth-order valence-corrected chi connectivity index (χ4v) is 14.8. The third-order valence-corrected chi connectivity index (χ3v) is 19.6. The molecule has 0 radical (unpaired) electrons. The summed E-state index contributed by atoms with van der Waals surface area (Å²) in [7, 11) is 0. The van der Waals surface area contributed by atoms with Gasteiger partial charge in [0.2, 0.25) is 0 Å². The Morgan fingerprint density at radius 3 is 2.13 bits per heavy atom. The highest BCUT2D eigenvalue weighted by molar-refractivity contribution is 5.84. The monoisotopic (exact) mass is 737 g/mol. The minimum absolute atomic E-state index is 0.123. The van der Waals surface area contributed by atoms with Crippen molar-refractivity contribution in [1.82, 2.24) is 0 Å². The number of rotatable bonds is 6. The van der Waals surface area contributed by atoms with Crippen molar-refractivity contribution in [3.05, 3.63) is 11.6 Å². The van der Waals surface area contributed by atoms with E-state index in [1.165, 1.54) is 38.5 Å². The minimum Gasteiger partial charge on any atom is -0.349 e. The average molecular weight is 737 g/mol. The van der Waals surface area contributed by atoms with Crippen LogP contribution in [0.25, 0.3) is 0 Å². The van der Waals surface area contributed by atoms with Crippen LogP contribution in [-0.4, -0.2) is 42.8 Å². The SMILES string of the molecule is CCC1O[C@@H](OC2[C@H](O[C@H]3CCC4(C)C5CC=C6C7CC(C)(C)CCC7(C(C)=O)CC[C@@]6(C)[C@@]5(C)CC[C@H]4C3C)OC(C)[C@@H](C)[C@@H]2C)C(C)[C@@H](C)[C@H]1C. The van der Waals surface area contributed by atoms with Gasteiger partial charge in [0.15, 0.2) is 12.6 Å². The maximum atomic E-state index is 13.5. The fraction of sp³-hybridized carbons (Fsp3) is 0.938. The molecule has 5 nitrogen and oxygen atoms in total. The molecule has 6 fully saturated rings. The van der Waals surface area contributed by atoms with Crippen LogP contribution in [0.15, 0.2) is 11.6 Å². The van der Waals surface area contributed by atoms with Gasteiger partial charge in [-0.1, -0.05) is 94.7 Å². The van der Waals surface area contributed by atoms with Crippen LogP contribution < -0.4 is 0 Å². The van der Waals surface area contributed by atoms with Gasteiger partial charge in [0, 0.05) is 11.3 Å². The summed E-state index contributed by atoms with van der Waals surface area (Å²) in [6.45, 7) is 33.5. The van der Waals surface area contributed by atoms with Crippen LogP contribution in [0.2, 0.25) is 0 Å². The Bertz CT molecular complexity index is 1400. The maximum absolute atomic E-state index is 13.5.